The maximum Gasteiger partial charge on any atom is 0.242 e. The fourth-order valence-corrected chi connectivity index (χ4v) is 5.84. The lowest BCUT2D eigenvalue weighted by molar-refractivity contribution is -0.137. The summed E-state index contributed by atoms with van der Waals surface area (Å²) in [6.07, 6.45) is 11.4. The van der Waals surface area contributed by atoms with Gasteiger partial charge < -0.3 is 30.6 Å². The highest BCUT2D eigenvalue weighted by molar-refractivity contribution is 5.91. The van der Waals surface area contributed by atoms with Crippen molar-refractivity contribution in [1.29, 1.82) is 0 Å². The highest BCUT2D eigenvalue weighted by Crippen LogP contribution is 2.29. The van der Waals surface area contributed by atoms with Gasteiger partial charge in [0.1, 0.15) is 6.04 Å². The third-order valence-corrected chi connectivity index (χ3v) is 8.73. The number of terminal acetylenes is 1. The molecule has 0 bridgehead atoms. The number of carbonyl (C=O) groups is 3. The van der Waals surface area contributed by atoms with Gasteiger partial charge in [-0.25, -0.2) is 0 Å². The van der Waals surface area contributed by atoms with Gasteiger partial charge >= 0.3 is 0 Å². The number of aliphatic hydroxyl groups is 2. The van der Waals surface area contributed by atoms with Crippen molar-refractivity contribution in [3.63, 3.8) is 0 Å². The number of hydrogen-bond acceptors (Lipinski definition) is 6. The van der Waals surface area contributed by atoms with E-state index < -0.39 is 36.1 Å². The zero-order valence-electron chi connectivity index (χ0n) is 27.3. The predicted octanol–water partition coefficient (Wildman–Crippen LogP) is 3.13. The zero-order chi connectivity index (χ0) is 32.5. The van der Waals surface area contributed by atoms with Gasteiger partial charge in [0.25, 0.3) is 0 Å². The lowest BCUT2D eigenvalue weighted by atomic mass is 9.82. The van der Waals surface area contributed by atoms with Crippen molar-refractivity contribution in [2.45, 2.75) is 108 Å². The van der Waals surface area contributed by atoms with Crippen molar-refractivity contribution < 1.29 is 24.6 Å². The summed E-state index contributed by atoms with van der Waals surface area (Å²) in [7, 11) is 5.63. The van der Waals surface area contributed by atoms with Gasteiger partial charge in [-0.1, -0.05) is 69.4 Å². The molecule has 1 aliphatic rings. The number of carbonyl (C=O) groups excluding carboxylic acids is 3. The summed E-state index contributed by atoms with van der Waals surface area (Å²) in [4.78, 5) is 44.0. The summed E-state index contributed by atoms with van der Waals surface area (Å²) >= 11 is 0. The van der Waals surface area contributed by atoms with E-state index in [4.69, 9.17) is 6.42 Å². The summed E-state index contributed by atoms with van der Waals surface area (Å²) in [5.41, 5.74) is 0.934. The summed E-state index contributed by atoms with van der Waals surface area (Å²) in [5.74, 6) is 1.36. The Bertz CT molecular complexity index is 1040. The Balaban J connectivity index is 2.15. The van der Waals surface area contributed by atoms with E-state index in [9.17, 15) is 24.6 Å². The molecule has 2 rings (SSSR count). The molecule has 1 saturated carbocycles. The minimum atomic E-state index is -1.15. The number of nitrogens with one attached hydrogen (secondary N) is 2. The van der Waals surface area contributed by atoms with Crippen molar-refractivity contribution in [2.75, 3.05) is 34.2 Å². The summed E-state index contributed by atoms with van der Waals surface area (Å²) < 4.78 is 0. The van der Waals surface area contributed by atoms with Crippen LogP contribution in [0.5, 0.6) is 0 Å². The van der Waals surface area contributed by atoms with Gasteiger partial charge in [0.15, 0.2) is 0 Å². The first-order chi connectivity index (χ1) is 21.0. The summed E-state index contributed by atoms with van der Waals surface area (Å²) in [6, 6.07) is 8.06. The molecule has 4 N–H and O–H groups in total. The Morgan fingerprint density at radius 3 is 2.30 bits per heavy atom. The first-order valence-corrected chi connectivity index (χ1v) is 16.4. The number of benzene rings is 1. The van der Waals surface area contributed by atoms with Gasteiger partial charge in [-0.15, -0.1) is 12.3 Å². The van der Waals surface area contributed by atoms with Crippen LogP contribution in [0.4, 0.5) is 0 Å². The smallest absolute Gasteiger partial charge is 0.242 e. The number of hydrogen-bond donors (Lipinski definition) is 4. The molecule has 3 amide bonds. The number of amides is 3. The Morgan fingerprint density at radius 2 is 1.68 bits per heavy atom. The second kappa shape index (κ2) is 20.2. The summed E-state index contributed by atoms with van der Waals surface area (Å²) in [5, 5.41) is 27.7. The van der Waals surface area contributed by atoms with Gasteiger partial charge in [-0.2, -0.15) is 0 Å². The van der Waals surface area contributed by atoms with E-state index in [0.717, 1.165) is 31.2 Å². The molecule has 1 aromatic rings. The number of unbranched alkanes of at least 4 members (excludes halogenated alkanes) is 1. The quantitative estimate of drug-likeness (QED) is 0.141. The SMILES string of the molecule is C#CCCC[C@H](O)[C@H](O)[C@H](CC1CCCCC1)NC(=O)[C@H](CC)NC(=O)[C@@H](CC(=O)N(C)CCN(C)C)Cc1ccccc1. The average Bonchev–Trinajstić information content (AvgIpc) is 3.02. The highest BCUT2D eigenvalue weighted by atomic mass is 16.3. The third kappa shape index (κ3) is 13.4. The van der Waals surface area contributed by atoms with Crippen molar-refractivity contribution in [1.82, 2.24) is 20.4 Å². The molecule has 0 saturated heterocycles. The van der Waals surface area contributed by atoms with Gasteiger partial charge in [-0.3, -0.25) is 14.4 Å². The van der Waals surface area contributed by atoms with E-state index in [1.165, 1.54) is 6.42 Å². The van der Waals surface area contributed by atoms with Crippen LogP contribution in [0.1, 0.15) is 83.1 Å². The molecule has 0 spiro atoms. The van der Waals surface area contributed by atoms with E-state index >= 15 is 0 Å². The molecule has 5 atom stereocenters. The van der Waals surface area contributed by atoms with Gasteiger partial charge in [0, 0.05) is 33.0 Å². The largest absolute Gasteiger partial charge is 0.390 e. The maximum atomic E-state index is 13.7. The van der Waals surface area contributed by atoms with Crippen LogP contribution in [-0.4, -0.2) is 96.3 Å². The minimum Gasteiger partial charge on any atom is -0.390 e. The average molecular weight is 613 g/mol. The molecule has 0 aromatic heterocycles. The van der Waals surface area contributed by atoms with Crippen LogP contribution in [0.15, 0.2) is 30.3 Å². The summed E-state index contributed by atoms with van der Waals surface area (Å²) in [6.45, 7) is 3.07. The molecular weight excluding hydrogens is 556 g/mol. The van der Waals surface area contributed by atoms with Crippen LogP contribution in [0.3, 0.4) is 0 Å². The Hall–Kier alpha value is -2.93. The minimum absolute atomic E-state index is 0.0234. The molecule has 0 unspecified atom stereocenters. The molecule has 0 radical (unpaired) electrons. The lowest BCUT2D eigenvalue weighted by Crippen LogP contribution is -2.55. The Morgan fingerprint density at radius 1 is 1.00 bits per heavy atom. The molecule has 44 heavy (non-hydrogen) atoms. The van der Waals surface area contributed by atoms with Crippen molar-refractivity contribution in [3.8, 4) is 12.3 Å². The fraction of sp³-hybridized carbons (Fsp3) is 0.686. The Kier molecular flexibility index (Phi) is 17.1. The van der Waals surface area contributed by atoms with E-state index in [1.54, 1.807) is 11.9 Å². The highest BCUT2D eigenvalue weighted by Gasteiger charge is 2.33. The van der Waals surface area contributed by atoms with Crippen LogP contribution in [0.2, 0.25) is 0 Å². The van der Waals surface area contributed by atoms with Gasteiger partial charge in [0.2, 0.25) is 17.7 Å². The number of nitrogens with zero attached hydrogens (tertiary/aromatic N) is 2. The monoisotopic (exact) mass is 612 g/mol. The standard InChI is InChI=1S/C35H56N4O5/c1-6-8-11-20-31(40)33(42)30(24-27-18-14-10-15-19-27)37-35(44)29(7-2)36-34(43)28(23-26-16-12-9-13-17-26)25-32(41)39(5)22-21-38(3)4/h1,9,12-13,16-17,27-31,33,40,42H,7-8,10-11,14-15,18-25H2,2-5H3,(H,36,43)(H,37,44)/t28-,29+,30+,31+,33-/m1/s1. The predicted molar refractivity (Wildman–Crippen MR) is 174 cm³/mol. The zero-order valence-corrected chi connectivity index (χ0v) is 27.3. The molecule has 1 aromatic carbocycles. The van der Waals surface area contributed by atoms with Crippen LogP contribution < -0.4 is 10.6 Å². The molecule has 9 nitrogen and oxygen atoms in total. The van der Waals surface area contributed by atoms with E-state index in [1.807, 2.05) is 56.3 Å². The van der Waals surface area contributed by atoms with Crippen LogP contribution in [0.25, 0.3) is 0 Å². The van der Waals surface area contributed by atoms with Crippen molar-refractivity contribution in [2.24, 2.45) is 11.8 Å². The number of rotatable bonds is 19. The molecule has 0 aliphatic heterocycles. The normalized spacial score (nSPS) is 17.1. The number of aliphatic hydroxyl groups excluding tert-OH is 2. The van der Waals surface area contributed by atoms with Crippen molar-refractivity contribution >= 4 is 17.7 Å². The molecule has 1 aliphatic carbocycles. The van der Waals surface area contributed by atoms with E-state index in [-0.39, 0.29) is 18.2 Å². The fourth-order valence-electron chi connectivity index (χ4n) is 5.84. The molecular formula is C35H56N4O5. The third-order valence-electron chi connectivity index (χ3n) is 8.73. The van der Waals surface area contributed by atoms with Crippen LogP contribution in [0, 0.1) is 24.2 Å². The first-order valence-electron chi connectivity index (χ1n) is 16.4. The first kappa shape index (κ1) is 37.3. The molecule has 246 valence electrons. The number of likely N-dealkylation sites (N-methyl/N-ethyl adjacent to an activating group) is 2. The molecule has 9 heteroatoms. The van der Waals surface area contributed by atoms with E-state index in [2.05, 4.69) is 16.6 Å². The second-order valence-electron chi connectivity index (χ2n) is 12.7. The lowest BCUT2D eigenvalue weighted by Gasteiger charge is -2.33. The van der Waals surface area contributed by atoms with Crippen LogP contribution >= 0.6 is 0 Å². The van der Waals surface area contributed by atoms with Gasteiger partial charge in [-0.05, 0) is 57.7 Å². The topological polar surface area (TPSA) is 122 Å². The van der Waals surface area contributed by atoms with Crippen LogP contribution in [-0.2, 0) is 20.8 Å². The Labute approximate surface area is 265 Å². The maximum absolute atomic E-state index is 13.7. The molecule has 0 heterocycles. The van der Waals surface area contributed by atoms with E-state index in [0.29, 0.717) is 57.5 Å². The van der Waals surface area contributed by atoms with Gasteiger partial charge in [0.05, 0.1) is 24.2 Å². The molecule has 1 fully saturated rings. The van der Waals surface area contributed by atoms with Crippen molar-refractivity contribution in [3.05, 3.63) is 35.9 Å². The second-order valence-corrected chi connectivity index (χ2v) is 12.7.